The van der Waals surface area contributed by atoms with Crippen LogP contribution in [0.3, 0.4) is 0 Å². The summed E-state index contributed by atoms with van der Waals surface area (Å²) in [5.41, 5.74) is 1.01. The Morgan fingerprint density at radius 3 is 2.76 bits per heavy atom. The Hall–Kier alpha value is -4.67. The van der Waals surface area contributed by atoms with Gasteiger partial charge in [-0.3, -0.25) is 14.9 Å². The number of carbonyl (C=O) groups excluding carboxylic acids is 3. The van der Waals surface area contributed by atoms with E-state index < -0.39 is 17.5 Å². The minimum Gasteiger partial charge on any atom is -0.497 e. The zero-order chi connectivity index (χ0) is 23.4. The highest BCUT2D eigenvalue weighted by atomic mass is 16.5. The predicted molar refractivity (Wildman–Crippen MR) is 117 cm³/mol. The molecule has 4 amide bonds. The van der Waals surface area contributed by atoms with Crippen molar-refractivity contribution in [2.24, 2.45) is 0 Å². The number of rotatable bonds is 5. The van der Waals surface area contributed by atoms with E-state index in [-0.39, 0.29) is 18.2 Å². The van der Waals surface area contributed by atoms with E-state index in [0.717, 1.165) is 11.3 Å². The summed E-state index contributed by atoms with van der Waals surface area (Å²) < 4.78 is 12.9. The summed E-state index contributed by atoms with van der Waals surface area (Å²) in [5.74, 6) is -0.0554. The Morgan fingerprint density at radius 1 is 1.15 bits per heavy atom. The third-order valence-electron chi connectivity index (χ3n) is 6.17. The Balaban J connectivity index is 1.39. The molecule has 0 aliphatic carbocycles. The lowest BCUT2D eigenvalue weighted by Gasteiger charge is -2.29. The summed E-state index contributed by atoms with van der Waals surface area (Å²) in [5, 5.41) is 9.81. The molecule has 11 heteroatoms. The van der Waals surface area contributed by atoms with Crippen LogP contribution in [-0.4, -0.2) is 51.2 Å². The van der Waals surface area contributed by atoms with E-state index in [1.807, 2.05) is 12.1 Å². The number of urea groups is 1. The molecule has 11 nitrogen and oxygen atoms in total. The summed E-state index contributed by atoms with van der Waals surface area (Å²) in [6.45, 7) is 0.190. The molecule has 0 spiro atoms. The first kappa shape index (κ1) is 20.0. The van der Waals surface area contributed by atoms with Crippen LogP contribution >= 0.6 is 0 Å². The number of methoxy groups -OCH3 is 1. The number of carbonyl (C=O) groups is 3. The molecule has 1 saturated heterocycles. The lowest BCUT2D eigenvalue weighted by molar-refractivity contribution is -0.125. The molecule has 2 N–H and O–H groups in total. The van der Waals surface area contributed by atoms with Crippen LogP contribution in [0.4, 0.5) is 4.79 Å². The molecule has 1 atom stereocenters. The summed E-state index contributed by atoms with van der Waals surface area (Å²) in [4.78, 5) is 43.9. The quantitative estimate of drug-likeness (QED) is 0.435. The first-order valence-electron chi connectivity index (χ1n) is 10.5. The Bertz CT molecular complexity index is 1480. The zero-order valence-corrected chi connectivity index (χ0v) is 17.9. The number of nitrogens with one attached hydrogen (secondary N) is 2. The molecule has 0 radical (unpaired) electrons. The van der Waals surface area contributed by atoms with Crippen LogP contribution < -0.4 is 15.4 Å². The van der Waals surface area contributed by atoms with Gasteiger partial charge in [-0.2, -0.15) is 5.10 Å². The summed E-state index contributed by atoms with van der Waals surface area (Å²) in [6, 6.07) is 11.7. The largest absolute Gasteiger partial charge is 0.497 e. The highest BCUT2D eigenvalue weighted by molar-refractivity contribution is 6.08. The number of aromatic nitrogens is 3. The van der Waals surface area contributed by atoms with Crippen molar-refractivity contribution in [3.8, 4) is 11.4 Å². The van der Waals surface area contributed by atoms with Crippen LogP contribution in [0.1, 0.15) is 21.7 Å². The highest BCUT2D eigenvalue weighted by Crippen LogP contribution is 2.35. The maximum atomic E-state index is 13.1. The van der Waals surface area contributed by atoms with Gasteiger partial charge in [-0.15, -0.1) is 0 Å². The number of ether oxygens (including phenoxy) is 1. The van der Waals surface area contributed by atoms with Crippen molar-refractivity contribution in [1.29, 1.82) is 0 Å². The molecule has 4 heterocycles. The van der Waals surface area contributed by atoms with Gasteiger partial charge < -0.3 is 19.4 Å². The fraction of sp³-hybridized carbons (Fsp3) is 0.174. The normalized spacial score (nSPS) is 19.4. The Kier molecular flexibility index (Phi) is 4.21. The summed E-state index contributed by atoms with van der Waals surface area (Å²) in [6.07, 6.45) is 3.00. The fourth-order valence-corrected chi connectivity index (χ4v) is 4.46. The monoisotopic (exact) mass is 458 g/mol. The number of hydrogen-bond donors (Lipinski definition) is 2. The van der Waals surface area contributed by atoms with E-state index in [0.29, 0.717) is 28.8 Å². The van der Waals surface area contributed by atoms with Gasteiger partial charge >= 0.3 is 6.03 Å². The number of imide groups is 1. The Labute approximate surface area is 192 Å². The van der Waals surface area contributed by atoms with E-state index in [4.69, 9.17) is 9.15 Å². The highest BCUT2D eigenvalue weighted by Gasteiger charge is 2.53. The number of amides is 4. The van der Waals surface area contributed by atoms with E-state index in [9.17, 15) is 14.4 Å². The van der Waals surface area contributed by atoms with E-state index in [2.05, 4.69) is 20.7 Å². The van der Waals surface area contributed by atoms with Gasteiger partial charge in [-0.1, -0.05) is 6.07 Å². The van der Waals surface area contributed by atoms with Gasteiger partial charge in [0.1, 0.15) is 29.7 Å². The van der Waals surface area contributed by atoms with Gasteiger partial charge in [0.25, 0.3) is 11.8 Å². The maximum Gasteiger partial charge on any atom is 0.322 e. The van der Waals surface area contributed by atoms with Crippen molar-refractivity contribution in [1.82, 2.24) is 30.3 Å². The van der Waals surface area contributed by atoms with Crippen molar-refractivity contribution in [2.45, 2.75) is 12.1 Å². The molecule has 2 aromatic carbocycles. The van der Waals surface area contributed by atoms with Crippen molar-refractivity contribution >= 4 is 28.8 Å². The van der Waals surface area contributed by atoms with Gasteiger partial charge in [0.05, 0.1) is 19.3 Å². The van der Waals surface area contributed by atoms with Crippen molar-refractivity contribution in [3.05, 3.63) is 72.0 Å². The predicted octanol–water partition coefficient (Wildman–Crippen LogP) is 1.71. The average molecular weight is 458 g/mol. The van der Waals surface area contributed by atoms with Crippen LogP contribution in [-0.2, 0) is 16.9 Å². The first-order chi connectivity index (χ1) is 16.5. The molecule has 2 aromatic heterocycles. The molecule has 6 rings (SSSR count). The van der Waals surface area contributed by atoms with Crippen LogP contribution in [0.5, 0.6) is 5.75 Å². The van der Waals surface area contributed by atoms with Gasteiger partial charge in [-0.05, 0) is 42.0 Å². The molecular weight excluding hydrogens is 440 g/mol. The molecule has 0 bridgehead atoms. The fourth-order valence-electron chi connectivity index (χ4n) is 4.46. The number of fused-ring (bicyclic) bond motifs is 2. The second-order valence-corrected chi connectivity index (χ2v) is 8.17. The SMILES string of the molecule is COc1ccc2c(c1)C(=O)N(CC1(c3cc4cc(-n5cncn5)ccc4o3)NC(=O)NC1=O)C2. The average Bonchev–Trinajstić information content (AvgIpc) is 3.61. The van der Waals surface area contributed by atoms with Crippen molar-refractivity contribution in [2.75, 3.05) is 13.7 Å². The minimum absolute atomic E-state index is 0.101. The number of benzene rings is 2. The van der Waals surface area contributed by atoms with E-state index in [1.54, 1.807) is 41.3 Å². The van der Waals surface area contributed by atoms with Crippen LogP contribution in [0.2, 0.25) is 0 Å². The first-order valence-corrected chi connectivity index (χ1v) is 10.5. The Morgan fingerprint density at radius 2 is 2.03 bits per heavy atom. The topological polar surface area (TPSA) is 132 Å². The van der Waals surface area contributed by atoms with Crippen LogP contribution in [0.25, 0.3) is 16.7 Å². The zero-order valence-electron chi connectivity index (χ0n) is 17.9. The van der Waals surface area contributed by atoms with Gasteiger partial charge in [-0.25, -0.2) is 14.5 Å². The maximum absolute atomic E-state index is 13.1. The second kappa shape index (κ2) is 7.17. The molecule has 0 saturated carbocycles. The third kappa shape index (κ3) is 2.94. The van der Waals surface area contributed by atoms with Crippen molar-refractivity contribution < 1.29 is 23.5 Å². The molecular formula is C23H18N6O5. The van der Waals surface area contributed by atoms with E-state index in [1.165, 1.54) is 18.3 Å². The molecule has 170 valence electrons. The number of furan rings is 1. The summed E-state index contributed by atoms with van der Waals surface area (Å²) in [7, 11) is 1.53. The van der Waals surface area contributed by atoms with Crippen LogP contribution in [0, 0.1) is 0 Å². The second-order valence-electron chi connectivity index (χ2n) is 8.17. The van der Waals surface area contributed by atoms with Gasteiger partial charge in [0.2, 0.25) is 0 Å². The third-order valence-corrected chi connectivity index (χ3v) is 6.17. The smallest absolute Gasteiger partial charge is 0.322 e. The van der Waals surface area contributed by atoms with Crippen LogP contribution in [0.15, 0.2) is 59.5 Å². The molecule has 1 fully saturated rings. The lowest BCUT2D eigenvalue weighted by atomic mass is 9.95. The van der Waals surface area contributed by atoms with Gasteiger partial charge in [0, 0.05) is 17.5 Å². The lowest BCUT2D eigenvalue weighted by Crippen LogP contribution is -2.52. The molecule has 1 unspecified atom stereocenters. The molecule has 2 aliphatic heterocycles. The minimum atomic E-state index is -1.58. The number of nitrogens with zero attached hydrogens (tertiary/aromatic N) is 4. The number of hydrogen-bond acceptors (Lipinski definition) is 7. The molecule has 2 aliphatic rings. The van der Waals surface area contributed by atoms with Crippen molar-refractivity contribution in [3.63, 3.8) is 0 Å². The molecule has 34 heavy (non-hydrogen) atoms. The van der Waals surface area contributed by atoms with Gasteiger partial charge in [0.15, 0.2) is 5.54 Å². The van der Waals surface area contributed by atoms with E-state index >= 15 is 0 Å². The standard InChI is InChI=1S/C23H18N6O5/c1-33-16-4-2-13-9-28(20(30)17(13)8-16)10-23(21(31)26-22(32)27-23)19-7-14-6-15(3-5-18(14)34-19)29-12-24-11-25-29/h2-8,11-12H,9-10H2,1H3,(H2,26,27,31,32). The summed E-state index contributed by atoms with van der Waals surface area (Å²) >= 11 is 0. The molecule has 4 aromatic rings.